The minimum Gasteiger partial charge on any atom is -0.358 e. The molecule has 0 aliphatic heterocycles. The van der Waals surface area contributed by atoms with Crippen LogP contribution >= 0.6 is 0 Å². The van der Waals surface area contributed by atoms with Gasteiger partial charge in [0.1, 0.15) is 17.7 Å². The smallest absolute Gasteiger partial charge is 0.252 e. The number of H-pyrrole nitrogens is 1. The zero-order valence-corrected chi connectivity index (χ0v) is 11.2. The van der Waals surface area contributed by atoms with E-state index in [9.17, 15) is 9.59 Å². The lowest BCUT2D eigenvalue weighted by Crippen LogP contribution is -2.41. The normalized spacial score (nSPS) is 12.3. The third-order valence-electron chi connectivity index (χ3n) is 2.31. The standard InChI is InChI=1S/C12H20N4O2/c1-5-9-15-10(6-11(17)16-9)14-8(4)12(18)13-7(2)3/h6-8H,5H2,1-4H3,(H,13,18)(H2,14,15,16,17). The first-order chi connectivity index (χ1) is 8.42. The molecule has 1 amide bonds. The molecule has 1 unspecified atom stereocenters. The average molecular weight is 252 g/mol. The molecule has 100 valence electrons. The van der Waals surface area contributed by atoms with Crippen LogP contribution in [0.4, 0.5) is 5.82 Å². The van der Waals surface area contributed by atoms with Crippen LogP contribution in [0.5, 0.6) is 0 Å². The Labute approximate surface area is 106 Å². The Balaban J connectivity index is 2.75. The number of amides is 1. The number of rotatable bonds is 5. The first-order valence-corrected chi connectivity index (χ1v) is 6.09. The lowest BCUT2D eigenvalue weighted by molar-refractivity contribution is -0.122. The van der Waals surface area contributed by atoms with E-state index in [2.05, 4.69) is 20.6 Å². The Bertz CT molecular complexity index is 467. The van der Waals surface area contributed by atoms with Gasteiger partial charge in [-0.25, -0.2) is 4.98 Å². The van der Waals surface area contributed by atoms with Gasteiger partial charge in [-0.3, -0.25) is 9.59 Å². The highest BCUT2D eigenvalue weighted by Crippen LogP contribution is 2.02. The zero-order chi connectivity index (χ0) is 13.7. The second-order valence-corrected chi connectivity index (χ2v) is 4.46. The van der Waals surface area contributed by atoms with Crippen LogP contribution in [0.25, 0.3) is 0 Å². The molecule has 18 heavy (non-hydrogen) atoms. The number of carbonyl (C=O) groups excluding carboxylic acids is 1. The van der Waals surface area contributed by atoms with Crippen molar-refractivity contribution in [2.45, 2.75) is 46.2 Å². The molecule has 0 aliphatic carbocycles. The lowest BCUT2D eigenvalue weighted by Gasteiger charge is -2.16. The molecule has 1 atom stereocenters. The summed E-state index contributed by atoms with van der Waals surface area (Å²) in [5.74, 6) is 0.897. The SMILES string of the molecule is CCc1nc(NC(C)C(=O)NC(C)C)cc(=O)[nH]1. The van der Waals surface area contributed by atoms with E-state index in [4.69, 9.17) is 0 Å². The molecule has 1 heterocycles. The van der Waals surface area contributed by atoms with Crippen LogP contribution in [0.3, 0.4) is 0 Å². The van der Waals surface area contributed by atoms with E-state index in [-0.39, 0.29) is 17.5 Å². The molecular weight excluding hydrogens is 232 g/mol. The molecule has 1 aromatic rings. The van der Waals surface area contributed by atoms with Gasteiger partial charge in [0.15, 0.2) is 0 Å². The van der Waals surface area contributed by atoms with Gasteiger partial charge in [-0.05, 0) is 20.8 Å². The van der Waals surface area contributed by atoms with Crippen molar-refractivity contribution in [1.82, 2.24) is 15.3 Å². The molecule has 6 nitrogen and oxygen atoms in total. The van der Waals surface area contributed by atoms with Crippen molar-refractivity contribution in [3.63, 3.8) is 0 Å². The number of hydrogen-bond donors (Lipinski definition) is 3. The van der Waals surface area contributed by atoms with Crippen molar-refractivity contribution < 1.29 is 4.79 Å². The van der Waals surface area contributed by atoms with Gasteiger partial charge in [0.05, 0.1) is 0 Å². The van der Waals surface area contributed by atoms with Crippen LogP contribution in [0.2, 0.25) is 0 Å². The average Bonchev–Trinajstić information content (AvgIpc) is 2.27. The summed E-state index contributed by atoms with van der Waals surface area (Å²) in [5.41, 5.74) is -0.221. The van der Waals surface area contributed by atoms with Crippen molar-refractivity contribution in [1.29, 1.82) is 0 Å². The van der Waals surface area contributed by atoms with E-state index in [1.54, 1.807) is 6.92 Å². The molecule has 0 radical (unpaired) electrons. The summed E-state index contributed by atoms with van der Waals surface area (Å²) >= 11 is 0. The number of aromatic nitrogens is 2. The van der Waals surface area contributed by atoms with Gasteiger partial charge >= 0.3 is 0 Å². The van der Waals surface area contributed by atoms with Gasteiger partial charge in [-0.2, -0.15) is 0 Å². The van der Waals surface area contributed by atoms with E-state index >= 15 is 0 Å². The molecular formula is C12H20N4O2. The molecule has 0 fully saturated rings. The fraction of sp³-hybridized carbons (Fsp3) is 0.583. The van der Waals surface area contributed by atoms with Crippen molar-refractivity contribution in [2.24, 2.45) is 0 Å². The monoisotopic (exact) mass is 252 g/mol. The predicted molar refractivity (Wildman–Crippen MR) is 70.6 cm³/mol. The highest BCUT2D eigenvalue weighted by atomic mass is 16.2. The summed E-state index contributed by atoms with van der Waals surface area (Å²) in [6.07, 6.45) is 0.636. The summed E-state index contributed by atoms with van der Waals surface area (Å²) in [6.45, 7) is 7.42. The van der Waals surface area contributed by atoms with E-state index in [1.807, 2.05) is 20.8 Å². The second kappa shape index (κ2) is 6.18. The number of anilines is 1. The summed E-state index contributed by atoms with van der Waals surface area (Å²) in [6, 6.07) is 0.990. The lowest BCUT2D eigenvalue weighted by atomic mass is 10.3. The topological polar surface area (TPSA) is 86.9 Å². The summed E-state index contributed by atoms with van der Waals surface area (Å²) < 4.78 is 0. The first kappa shape index (κ1) is 14.2. The Kier molecular flexibility index (Phi) is 4.88. The molecule has 1 rings (SSSR count). The maximum Gasteiger partial charge on any atom is 0.252 e. The molecule has 0 saturated heterocycles. The minimum absolute atomic E-state index is 0.0834. The summed E-state index contributed by atoms with van der Waals surface area (Å²) in [4.78, 5) is 29.9. The van der Waals surface area contributed by atoms with Gasteiger partial charge in [-0.15, -0.1) is 0 Å². The fourth-order valence-corrected chi connectivity index (χ4v) is 1.45. The van der Waals surface area contributed by atoms with Gasteiger partial charge < -0.3 is 15.6 Å². The maximum absolute atomic E-state index is 11.7. The largest absolute Gasteiger partial charge is 0.358 e. The highest BCUT2D eigenvalue weighted by molar-refractivity contribution is 5.84. The Morgan fingerprint density at radius 2 is 2.11 bits per heavy atom. The second-order valence-electron chi connectivity index (χ2n) is 4.46. The van der Waals surface area contributed by atoms with Crippen LogP contribution in [0, 0.1) is 0 Å². The highest BCUT2D eigenvalue weighted by Gasteiger charge is 2.14. The van der Waals surface area contributed by atoms with Crippen molar-refractivity contribution >= 4 is 11.7 Å². The van der Waals surface area contributed by atoms with Crippen molar-refractivity contribution in [3.8, 4) is 0 Å². The van der Waals surface area contributed by atoms with Gasteiger partial charge in [-0.1, -0.05) is 6.92 Å². The quantitative estimate of drug-likeness (QED) is 0.718. The van der Waals surface area contributed by atoms with Gasteiger partial charge in [0.2, 0.25) is 5.91 Å². The zero-order valence-electron chi connectivity index (χ0n) is 11.2. The van der Waals surface area contributed by atoms with E-state index in [0.29, 0.717) is 18.1 Å². The first-order valence-electron chi connectivity index (χ1n) is 6.09. The number of hydrogen-bond acceptors (Lipinski definition) is 4. The number of carbonyl (C=O) groups is 1. The fourth-order valence-electron chi connectivity index (χ4n) is 1.45. The molecule has 0 saturated carbocycles. The maximum atomic E-state index is 11.7. The third-order valence-corrected chi connectivity index (χ3v) is 2.31. The molecule has 0 aliphatic rings. The summed E-state index contributed by atoms with van der Waals surface area (Å²) in [7, 11) is 0. The van der Waals surface area contributed by atoms with Crippen LogP contribution in [-0.4, -0.2) is 28.0 Å². The molecule has 1 aromatic heterocycles. The molecule has 0 aromatic carbocycles. The number of nitrogens with zero attached hydrogens (tertiary/aromatic N) is 1. The molecule has 6 heteroatoms. The van der Waals surface area contributed by atoms with Crippen molar-refractivity contribution in [2.75, 3.05) is 5.32 Å². The third kappa shape index (κ3) is 4.20. The van der Waals surface area contributed by atoms with Crippen LogP contribution in [0.1, 0.15) is 33.5 Å². The van der Waals surface area contributed by atoms with E-state index < -0.39 is 6.04 Å². The van der Waals surface area contributed by atoms with Crippen molar-refractivity contribution in [3.05, 3.63) is 22.2 Å². The van der Waals surface area contributed by atoms with Gasteiger partial charge in [0, 0.05) is 18.5 Å². The molecule has 0 spiro atoms. The molecule has 3 N–H and O–H groups in total. The van der Waals surface area contributed by atoms with Gasteiger partial charge in [0.25, 0.3) is 5.56 Å². The van der Waals surface area contributed by atoms with E-state index in [1.165, 1.54) is 6.07 Å². The number of aryl methyl sites for hydroxylation is 1. The summed E-state index contributed by atoms with van der Waals surface area (Å²) in [5, 5.41) is 5.71. The minimum atomic E-state index is -0.439. The number of nitrogens with one attached hydrogen (secondary N) is 3. The van der Waals surface area contributed by atoms with Crippen LogP contribution in [-0.2, 0) is 11.2 Å². The Morgan fingerprint density at radius 3 is 2.67 bits per heavy atom. The predicted octanol–water partition coefficient (Wildman–Crippen LogP) is 0.657. The van der Waals surface area contributed by atoms with E-state index in [0.717, 1.165) is 0 Å². The number of aromatic amines is 1. The van der Waals surface area contributed by atoms with Crippen LogP contribution in [0.15, 0.2) is 10.9 Å². The Hall–Kier alpha value is -1.85. The van der Waals surface area contributed by atoms with Crippen LogP contribution < -0.4 is 16.2 Å². The molecule has 0 bridgehead atoms. The Morgan fingerprint density at radius 1 is 1.44 bits per heavy atom.